The molecule has 1 saturated heterocycles. The number of H-pyrrole nitrogens is 1. The number of aliphatic hydroxyl groups excluding tert-OH is 1. The van der Waals surface area contributed by atoms with E-state index >= 15 is 0 Å². The molecule has 12 nitrogen and oxygen atoms in total. The van der Waals surface area contributed by atoms with Gasteiger partial charge in [-0.15, -0.1) is 0 Å². The number of anilines is 1. The molecule has 0 saturated carbocycles. The Labute approximate surface area is 226 Å². The van der Waals surface area contributed by atoms with Crippen LogP contribution in [0.1, 0.15) is 90.2 Å². The molecule has 4 N–H and O–H groups in total. The number of nitrogens with two attached hydrogens (primary N) is 1. The van der Waals surface area contributed by atoms with E-state index in [2.05, 4.69) is 21.9 Å². The van der Waals surface area contributed by atoms with Gasteiger partial charge in [0.25, 0.3) is 12.1 Å². The fraction of sp³-hybridized carbons (Fsp3) is 0.750. The van der Waals surface area contributed by atoms with Crippen molar-refractivity contribution in [3.63, 3.8) is 0 Å². The van der Waals surface area contributed by atoms with Crippen LogP contribution in [-0.2, 0) is 23.4 Å². The van der Waals surface area contributed by atoms with Gasteiger partial charge >= 0.3 is 5.97 Å². The van der Waals surface area contributed by atoms with Crippen LogP contribution in [-0.4, -0.2) is 55.6 Å². The van der Waals surface area contributed by atoms with Crippen molar-refractivity contribution < 1.29 is 28.5 Å². The molecule has 14 heteroatoms. The van der Waals surface area contributed by atoms with E-state index in [4.69, 9.17) is 19.7 Å². The van der Waals surface area contributed by atoms with E-state index in [1.807, 2.05) is 0 Å². The van der Waals surface area contributed by atoms with Crippen LogP contribution in [0.3, 0.4) is 0 Å². The Morgan fingerprint density at radius 2 is 1.95 bits per heavy atom. The zero-order valence-electron chi connectivity index (χ0n) is 22.0. The summed E-state index contributed by atoms with van der Waals surface area (Å²) in [5.41, 5.74) is 5.70. The van der Waals surface area contributed by atoms with Gasteiger partial charge in [0.15, 0.2) is 11.2 Å². The van der Waals surface area contributed by atoms with Crippen molar-refractivity contribution >= 4 is 41.0 Å². The van der Waals surface area contributed by atoms with Gasteiger partial charge in [-0.2, -0.15) is 4.98 Å². The molecule has 0 spiro atoms. The molecule has 214 valence electrons. The number of aliphatic hydroxyl groups is 1. The number of nitrogens with zero attached hydrogens (tertiary/aromatic N) is 3. The lowest BCUT2D eigenvalue weighted by Gasteiger charge is -2.19. The summed E-state index contributed by atoms with van der Waals surface area (Å²) in [5.74, 6) is -0.505. The number of esters is 1. The molecule has 38 heavy (non-hydrogen) atoms. The third-order valence-electron chi connectivity index (χ3n) is 6.43. The topological polar surface area (TPSA) is 172 Å². The Hall–Kier alpha value is -1.92. The maximum absolute atomic E-state index is 12.9. The minimum Gasteiger partial charge on any atom is -0.454 e. The molecule has 0 radical (unpaired) electrons. The number of carbonyl (C=O) groups is 1. The first-order valence-corrected chi connectivity index (χ1v) is 16.8. The minimum atomic E-state index is -3.47. The molecule has 1 fully saturated rings. The molecule has 2 unspecified atom stereocenters. The lowest BCUT2D eigenvalue weighted by Crippen LogP contribution is -2.17. The number of imidazole rings is 1. The number of fused-ring (bicyclic) bond motifs is 1. The smallest absolute Gasteiger partial charge is 0.306 e. The molecule has 2 aromatic heterocycles. The van der Waals surface area contributed by atoms with Gasteiger partial charge in [0.05, 0.1) is 19.0 Å². The molecular weight excluding hydrogens is 533 g/mol. The second-order valence-electron chi connectivity index (χ2n) is 9.46. The molecular formula is C24H40N5O7PS. The molecule has 2 aromatic rings. The summed E-state index contributed by atoms with van der Waals surface area (Å²) in [7, 11) is 0. The van der Waals surface area contributed by atoms with Crippen molar-refractivity contribution in [2.24, 2.45) is 0 Å². The van der Waals surface area contributed by atoms with Crippen LogP contribution in [0.5, 0.6) is 0 Å². The molecule has 1 aliphatic heterocycles. The van der Waals surface area contributed by atoms with Gasteiger partial charge in [-0.05, 0) is 30.6 Å². The predicted octanol–water partition coefficient (Wildman–Crippen LogP) is 4.69. The quantitative estimate of drug-likeness (QED) is 0.0977. The van der Waals surface area contributed by atoms with Crippen LogP contribution >= 0.6 is 18.0 Å². The van der Waals surface area contributed by atoms with Crippen LogP contribution in [0.2, 0.25) is 0 Å². The highest BCUT2D eigenvalue weighted by Crippen LogP contribution is 2.59. The molecule has 3 atom stereocenters. The van der Waals surface area contributed by atoms with Crippen molar-refractivity contribution in [1.82, 2.24) is 19.5 Å². The molecule has 0 amide bonds. The number of ether oxygens (including phenoxy) is 2. The van der Waals surface area contributed by atoms with Gasteiger partial charge < -0.3 is 24.8 Å². The summed E-state index contributed by atoms with van der Waals surface area (Å²) in [6.45, 7) is -1.27. The van der Waals surface area contributed by atoms with Crippen molar-refractivity contribution in [2.75, 3.05) is 24.6 Å². The average molecular weight is 574 g/mol. The number of hydrogen-bond donors (Lipinski definition) is 3. The van der Waals surface area contributed by atoms with E-state index in [0.29, 0.717) is 24.9 Å². The summed E-state index contributed by atoms with van der Waals surface area (Å²) in [6.07, 6.45) is 12.0. The Balaban J connectivity index is 1.32. The van der Waals surface area contributed by atoms with E-state index < -0.39 is 24.7 Å². The van der Waals surface area contributed by atoms with Gasteiger partial charge in [0.2, 0.25) is 5.95 Å². The third-order valence-corrected chi connectivity index (χ3v) is 10.1. The van der Waals surface area contributed by atoms with E-state index in [1.165, 1.54) is 44.9 Å². The number of aromatic nitrogens is 4. The van der Waals surface area contributed by atoms with Gasteiger partial charge in [0, 0.05) is 6.42 Å². The van der Waals surface area contributed by atoms with Crippen LogP contribution in [0.15, 0.2) is 11.1 Å². The Morgan fingerprint density at radius 3 is 2.66 bits per heavy atom. The first kappa shape index (κ1) is 30.6. The van der Waals surface area contributed by atoms with Crippen LogP contribution in [0.25, 0.3) is 11.2 Å². The highest BCUT2D eigenvalue weighted by Gasteiger charge is 2.32. The monoisotopic (exact) mass is 573 g/mol. The fourth-order valence-corrected chi connectivity index (χ4v) is 6.57. The second-order valence-corrected chi connectivity index (χ2v) is 14.2. The summed E-state index contributed by atoms with van der Waals surface area (Å²) in [5, 5.41) is 9.63. The summed E-state index contributed by atoms with van der Waals surface area (Å²) < 4.78 is 31.2. The molecule has 3 heterocycles. The van der Waals surface area contributed by atoms with Crippen molar-refractivity contribution in [1.29, 1.82) is 0 Å². The zero-order chi connectivity index (χ0) is 27.4. The molecule has 0 aliphatic carbocycles. The lowest BCUT2D eigenvalue weighted by atomic mass is 10.1. The summed E-state index contributed by atoms with van der Waals surface area (Å²) >= 11 is 0.803. The minimum absolute atomic E-state index is 0.00346. The Bertz CT molecular complexity index is 1130. The highest BCUT2D eigenvalue weighted by molar-refractivity contribution is 8.56. The maximum Gasteiger partial charge on any atom is 0.306 e. The van der Waals surface area contributed by atoms with Gasteiger partial charge in [-0.25, -0.2) is 4.98 Å². The fourth-order valence-electron chi connectivity index (χ4n) is 4.31. The molecule has 3 rings (SSSR count). The standard InChI is InChI=1S/C24H40N5O7PS/c1-2-3-4-5-6-7-8-9-10-11-20(31)34-17-38-37(33,16-30)35-14-18-12-13-19(36-18)29-15-26-21-22(29)27-24(25)28-23(21)32/h15,18-19,30H,2-14,16-17H2,1H3,(H3,25,27,28,32)/t18?,19-,37?/m1/s1. The normalized spacial score (nSPS) is 19.1. The Kier molecular flexibility index (Phi) is 12.6. The van der Waals surface area contributed by atoms with E-state index in [9.17, 15) is 19.3 Å². The van der Waals surface area contributed by atoms with Gasteiger partial charge in [-0.1, -0.05) is 58.3 Å². The van der Waals surface area contributed by atoms with E-state index in [-0.39, 0.29) is 36.1 Å². The summed E-state index contributed by atoms with van der Waals surface area (Å²) in [6, 6.07) is 0. The Morgan fingerprint density at radius 1 is 1.24 bits per heavy atom. The number of aromatic amines is 1. The first-order chi connectivity index (χ1) is 18.3. The molecule has 1 aliphatic rings. The van der Waals surface area contributed by atoms with Crippen LogP contribution < -0.4 is 11.3 Å². The third kappa shape index (κ3) is 9.37. The van der Waals surface area contributed by atoms with Crippen LogP contribution in [0.4, 0.5) is 5.95 Å². The molecule has 0 bridgehead atoms. The lowest BCUT2D eigenvalue weighted by molar-refractivity contribution is -0.141. The summed E-state index contributed by atoms with van der Waals surface area (Å²) in [4.78, 5) is 34.6. The van der Waals surface area contributed by atoms with E-state index in [1.54, 1.807) is 4.57 Å². The largest absolute Gasteiger partial charge is 0.454 e. The average Bonchev–Trinajstić information content (AvgIpc) is 3.53. The highest BCUT2D eigenvalue weighted by atomic mass is 32.7. The first-order valence-electron chi connectivity index (χ1n) is 13.4. The second kappa shape index (κ2) is 15.6. The van der Waals surface area contributed by atoms with Gasteiger partial charge in [0.1, 0.15) is 18.5 Å². The van der Waals surface area contributed by atoms with Crippen molar-refractivity contribution in [3.8, 4) is 0 Å². The van der Waals surface area contributed by atoms with Gasteiger partial charge in [-0.3, -0.25) is 23.7 Å². The number of hydrogen-bond acceptors (Lipinski definition) is 11. The number of nitrogen functional groups attached to an aromatic ring is 1. The van der Waals surface area contributed by atoms with Crippen molar-refractivity contribution in [2.45, 2.75) is 96.3 Å². The molecule has 0 aromatic carbocycles. The number of carbonyl (C=O) groups excluding carboxylic acids is 1. The predicted molar refractivity (Wildman–Crippen MR) is 147 cm³/mol. The van der Waals surface area contributed by atoms with Crippen LogP contribution in [0, 0.1) is 0 Å². The number of rotatable bonds is 18. The maximum atomic E-state index is 12.9. The SMILES string of the molecule is CCCCCCCCCCCC(=O)OCSP(=O)(CO)OCC1CC[C@H](n2cnc3c(=O)[nH]c(N)nc32)O1. The number of unbranched alkanes of at least 4 members (excludes halogenated alkanes) is 8. The van der Waals surface area contributed by atoms with Crippen molar-refractivity contribution in [3.05, 3.63) is 16.7 Å². The zero-order valence-corrected chi connectivity index (χ0v) is 23.7. The van der Waals surface area contributed by atoms with E-state index in [0.717, 1.165) is 30.6 Å². The number of nitrogens with one attached hydrogen (secondary N) is 1.